The van der Waals surface area contributed by atoms with Crippen LogP contribution in [-0.4, -0.2) is 17.4 Å². The van der Waals surface area contributed by atoms with Crippen molar-refractivity contribution in [1.29, 1.82) is 0 Å². The van der Waals surface area contributed by atoms with Crippen molar-refractivity contribution < 1.29 is 13.6 Å². The van der Waals surface area contributed by atoms with Crippen LogP contribution < -0.4 is 5.32 Å². The third-order valence-electron chi connectivity index (χ3n) is 4.29. The second-order valence-electron chi connectivity index (χ2n) is 6.33. The van der Waals surface area contributed by atoms with Crippen molar-refractivity contribution in [2.45, 2.75) is 25.7 Å². The highest BCUT2D eigenvalue weighted by molar-refractivity contribution is 7.09. The van der Waals surface area contributed by atoms with Crippen LogP contribution in [0.2, 0.25) is 0 Å². The lowest BCUT2D eigenvalue weighted by molar-refractivity contribution is -0.122. The summed E-state index contributed by atoms with van der Waals surface area (Å²) in [6, 6.07) is 12.0. The topological polar surface area (TPSA) is 42.0 Å². The van der Waals surface area contributed by atoms with Crippen molar-refractivity contribution in [3.05, 3.63) is 87.4 Å². The Morgan fingerprint density at radius 1 is 1.07 bits per heavy atom. The molecule has 0 aliphatic rings. The van der Waals surface area contributed by atoms with Crippen LogP contribution in [0.4, 0.5) is 8.78 Å². The zero-order valence-corrected chi connectivity index (χ0v) is 15.7. The molecule has 3 nitrogen and oxygen atoms in total. The van der Waals surface area contributed by atoms with Crippen molar-refractivity contribution in [3.63, 3.8) is 0 Å². The third kappa shape index (κ3) is 5.44. The van der Waals surface area contributed by atoms with Gasteiger partial charge in [-0.3, -0.25) is 4.79 Å². The second kappa shape index (κ2) is 8.86. The number of amides is 1. The van der Waals surface area contributed by atoms with Gasteiger partial charge in [0.25, 0.3) is 0 Å². The zero-order chi connectivity index (χ0) is 19.2. The number of aromatic nitrogens is 1. The minimum absolute atomic E-state index is 0.141. The Bertz CT molecular complexity index is 891. The van der Waals surface area contributed by atoms with Gasteiger partial charge < -0.3 is 5.32 Å². The quantitative estimate of drug-likeness (QED) is 0.653. The molecule has 0 aliphatic heterocycles. The minimum atomic E-state index is -0.478. The lowest BCUT2D eigenvalue weighted by Crippen LogP contribution is -2.32. The summed E-state index contributed by atoms with van der Waals surface area (Å²) in [5.41, 5.74) is 2.52. The van der Waals surface area contributed by atoms with Crippen molar-refractivity contribution in [2.24, 2.45) is 0 Å². The van der Waals surface area contributed by atoms with Gasteiger partial charge in [-0.1, -0.05) is 24.3 Å². The summed E-state index contributed by atoms with van der Waals surface area (Å²) in [6.45, 7) is 2.42. The van der Waals surface area contributed by atoms with Crippen molar-refractivity contribution in [2.75, 3.05) is 6.54 Å². The summed E-state index contributed by atoms with van der Waals surface area (Å²) in [6.07, 6.45) is 1.07. The first-order valence-electron chi connectivity index (χ1n) is 8.70. The number of nitrogens with one attached hydrogen (secondary N) is 1. The SMILES string of the molecule is Cc1nc(CCNC(=O)C(Cc2ccc(F)cc2)c2ccc(F)cc2)cs1. The Morgan fingerprint density at radius 3 is 2.30 bits per heavy atom. The van der Waals surface area contributed by atoms with Crippen LogP contribution in [0.25, 0.3) is 0 Å². The van der Waals surface area contributed by atoms with E-state index < -0.39 is 5.92 Å². The molecule has 0 radical (unpaired) electrons. The molecule has 0 bridgehead atoms. The fourth-order valence-corrected chi connectivity index (χ4v) is 3.52. The van der Waals surface area contributed by atoms with E-state index >= 15 is 0 Å². The molecular weight excluding hydrogens is 366 g/mol. The van der Waals surface area contributed by atoms with Gasteiger partial charge >= 0.3 is 0 Å². The summed E-state index contributed by atoms with van der Waals surface area (Å²) in [7, 11) is 0. The molecule has 1 atom stereocenters. The van der Waals surface area contributed by atoms with E-state index in [2.05, 4.69) is 10.3 Å². The molecule has 3 rings (SSSR count). The van der Waals surface area contributed by atoms with Gasteiger partial charge in [0.2, 0.25) is 5.91 Å². The lowest BCUT2D eigenvalue weighted by Gasteiger charge is -2.17. The van der Waals surface area contributed by atoms with E-state index in [0.717, 1.165) is 21.8 Å². The van der Waals surface area contributed by atoms with Gasteiger partial charge in [-0.25, -0.2) is 13.8 Å². The average Bonchev–Trinajstić information content (AvgIpc) is 3.07. The Kier molecular flexibility index (Phi) is 6.29. The molecule has 1 unspecified atom stereocenters. The first-order valence-corrected chi connectivity index (χ1v) is 9.58. The Hall–Kier alpha value is -2.60. The summed E-state index contributed by atoms with van der Waals surface area (Å²) >= 11 is 1.58. The minimum Gasteiger partial charge on any atom is -0.355 e. The molecule has 1 heterocycles. The fraction of sp³-hybridized carbons (Fsp3) is 0.238. The number of thiazole rings is 1. The highest BCUT2D eigenvalue weighted by atomic mass is 32.1. The number of hydrogen-bond donors (Lipinski definition) is 1. The first kappa shape index (κ1) is 19.2. The summed E-state index contributed by atoms with van der Waals surface area (Å²) < 4.78 is 26.4. The number of halogens is 2. The van der Waals surface area contributed by atoms with E-state index in [-0.39, 0.29) is 17.5 Å². The molecule has 2 aromatic carbocycles. The van der Waals surface area contributed by atoms with Crippen LogP contribution in [0.15, 0.2) is 53.9 Å². The number of aryl methyl sites for hydroxylation is 1. The molecule has 27 heavy (non-hydrogen) atoms. The molecule has 0 aliphatic carbocycles. The Balaban J connectivity index is 1.70. The molecule has 1 N–H and O–H groups in total. The number of nitrogens with zero attached hydrogens (tertiary/aromatic N) is 1. The van der Waals surface area contributed by atoms with Crippen molar-refractivity contribution >= 4 is 17.2 Å². The van der Waals surface area contributed by atoms with Gasteiger partial charge in [-0.05, 0) is 48.7 Å². The van der Waals surface area contributed by atoms with E-state index in [1.54, 1.807) is 35.6 Å². The smallest absolute Gasteiger partial charge is 0.227 e. The van der Waals surface area contributed by atoms with Gasteiger partial charge in [-0.15, -0.1) is 11.3 Å². The summed E-state index contributed by atoms with van der Waals surface area (Å²) in [5.74, 6) is -1.29. The van der Waals surface area contributed by atoms with Crippen LogP contribution >= 0.6 is 11.3 Å². The highest BCUT2D eigenvalue weighted by Crippen LogP contribution is 2.22. The van der Waals surface area contributed by atoms with E-state index in [9.17, 15) is 13.6 Å². The second-order valence-corrected chi connectivity index (χ2v) is 7.40. The van der Waals surface area contributed by atoms with Crippen LogP contribution in [0.3, 0.4) is 0 Å². The first-order chi connectivity index (χ1) is 13.0. The van der Waals surface area contributed by atoms with Crippen molar-refractivity contribution in [3.8, 4) is 0 Å². The molecule has 1 amide bonds. The molecule has 0 saturated heterocycles. The third-order valence-corrected chi connectivity index (χ3v) is 5.11. The molecule has 140 valence electrons. The van der Waals surface area contributed by atoms with Crippen LogP contribution in [-0.2, 0) is 17.6 Å². The van der Waals surface area contributed by atoms with Gasteiger partial charge in [0.05, 0.1) is 16.6 Å². The zero-order valence-electron chi connectivity index (χ0n) is 14.9. The van der Waals surface area contributed by atoms with Gasteiger partial charge in [0.1, 0.15) is 11.6 Å². The molecular formula is C21H20F2N2OS. The molecule has 3 aromatic rings. The number of rotatable bonds is 7. The largest absolute Gasteiger partial charge is 0.355 e. The summed E-state index contributed by atoms with van der Waals surface area (Å²) in [5, 5.41) is 5.92. The maximum Gasteiger partial charge on any atom is 0.227 e. The predicted octanol–water partition coefficient (Wildman–Crippen LogP) is 4.41. The molecule has 6 heteroatoms. The lowest BCUT2D eigenvalue weighted by atomic mass is 9.91. The number of hydrogen-bond acceptors (Lipinski definition) is 3. The molecule has 0 fully saturated rings. The van der Waals surface area contributed by atoms with E-state index in [0.29, 0.717) is 19.4 Å². The molecule has 0 saturated carbocycles. The van der Waals surface area contributed by atoms with Gasteiger partial charge in [-0.2, -0.15) is 0 Å². The monoisotopic (exact) mass is 386 g/mol. The van der Waals surface area contributed by atoms with Crippen LogP contribution in [0.5, 0.6) is 0 Å². The van der Waals surface area contributed by atoms with Crippen LogP contribution in [0, 0.1) is 18.6 Å². The fourth-order valence-electron chi connectivity index (χ4n) is 2.87. The highest BCUT2D eigenvalue weighted by Gasteiger charge is 2.21. The average molecular weight is 386 g/mol. The van der Waals surface area contributed by atoms with Gasteiger partial charge in [0.15, 0.2) is 0 Å². The van der Waals surface area contributed by atoms with E-state index in [1.807, 2.05) is 12.3 Å². The predicted molar refractivity (Wildman–Crippen MR) is 103 cm³/mol. The van der Waals surface area contributed by atoms with E-state index in [1.165, 1.54) is 24.3 Å². The summed E-state index contributed by atoms with van der Waals surface area (Å²) in [4.78, 5) is 17.2. The molecule has 0 spiro atoms. The Morgan fingerprint density at radius 2 is 1.70 bits per heavy atom. The Labute approximate surface area is 161 Å². The van der Waals surface area contributed by atoms with Crippen molar-refractivity contribution in [1.82, 2.24) is 10.3 Å². The van der Waals surface area contributed by atoms with Crippen LogP contribution in [0.1, 0.15) is 27.7 Å². The number of carbonyl (C=O) groups is 1. The normalized spacial score (nSPS) is 12.0. The van der Waals surface area contributed by atoms with Gasteiger partial charge in [0, 0.05) is 18.3 Å². The van der Waals surface area contributed by atoms with E-state index in [4.69, 9.17) is 0 Å². The maximum absolute atomic E-state index is 13.3. The number of benzene rings is 2. The number of carbonyl (C=O) groups excluding carboxylic acids is 1. The standard InChI is InChI=1S/C21H20F2N2OS/c1-14-25-19(13-27-14)10-11-24-21(26)20(16-4-8-18(23)9-5-16)12-15-2-6-17(22)7-3-15/h2-9,13,20H,10-12H2,1H3,(H,24,26). The maximum atomic E-state index is 13.3. The molecule has 1 aromatic heterocycles.